The van der Waals surface area contributed by atoms with Crippen LogP contribution in [-0.2, 0) is 17.6 Å². The summed E-state index contributed by atoms with van der Waals surface area (Å²) >= 11 is 0. The largest absolute Gasteiger partial charge is 0.508 e. The molecule has 24 heavy (non-hydrogen) atoms. The number of benzene rings is 2. The number of allylic oxidation sites excluding steroid dienone is 1. The smallest absolute Gasteiger partial charge is 0.311 e. The number of carbonyl (C=O) groups excluding carboxylic acids is 1. The van der Waals surface area contributed by atoms with Crippen LogP contribution in [0.2, 0.25) is 0 Å². The normalized spacial score (nSPS) is 10.2. The molecular weight excluding hydrogens is 304 g/mol. The molecule has 0 aliphatic carbocycles. The number of ether oxygens (including phenoxy) is 2. The molecule has 2 rings (SSSR count). The lowest BCUT2D eigenvalue weighted by molar-refractivity contribution is -0.134. The molecule has 0 saturated carbocycles. The van der Waals surface area contributed by atoms with Crippen LogP contribution in [0.25, 0.3) is 0 Å². The zero-order valence-electron chi connectivity index (χ0n) is 14.0. The minimum atomic E-state index is -0.324. The molecule has 2 aromatic carbocycles. The zero-order valence-corrected chi connectivity index (χ0v) is 14.0. The molecule has 2 aromatic rings. The summed E-state index contributed by atoms with van der Waals surface area (Å²) in [5, 5.41) is 9.52. The van der Waals surface area contributed by atoms with Crippen molar-refractivity contribution in [1.29, 1.82) is 0 Å². The Morgan fingerprint density at radius 2 is 1.92 bits per heavy atom. The summed E-state index contributed by atoms with van der Waals surface area (Å²) in [6, 6.07) is 10.8. The molecule has 4 nitrogen and oxygen atoms in total. The first kappa shape index (κ1) is 17.6. The van der Waals surface area contributed by atoms with Crippen molar-refractivity contribution in [3.8, 4) is 17.2 Å². The van der Waals surface area contributed by atoms with Crippen molar-refractivity contribution in [3.63, 3.8) is 0 Å². The Balaban J connectivity index is 1.98. The Morgan fingerprint density at radius 1 is 1.17 bits per heavy atom. The van der Waals surface area contributed by atoms with E-state index in [2.05, 4.69) is 6.58 Å². The van der Waals surface area contributed by atoms with E-state index in [1.54, 1.807) is 31.4 Å². The molecule has 0 atom stereocenters. The molecule has 0 heterocycles. The summed E-state index contributed by atoms with van der Waals surface area (Å²) in [7, 11) is 1.55. The lowest BCUT2D eigenvalue weighted by Crippen LogP contribution is -2.10. The van der Waals surface area contributed by atoms with Gasteiger partial charge in [0.2, 0.25) is 0 Å². The molecule has 0 fully saturated rings. The van der Waals surface area contributed by atoms with E-state index in [0.717, 1.165) is 23.1 Å². The second-order valence-electron chi connectivity index (χ2n) is 5.57. The van der Waals surface area contributed by atoms with Crippen LogP contribution in [0.15, 0.2) is 49.1 Å². The van der Waals surface area contributed by atoms with Gasteiger partial charge in [0.1, 0.15) is 5.75 Å². The van der Waals surface area contributed by atoms with Gasteiger partial charge in [0, 0.05) is 6.42 Å². The van der Waals surface area contributed by atoms with Crippen molar-refractivity contribution >= 4 is 5.97 Å². The van der Waals surface area contributed by atoms with E-state index in [1.807, 2.05) is 25.1 Å². The van der Waals surface area contributed by atoms with Gasteiger partial charge in [0.25, 0.3) is 0 Å². The number of hydrogen-bond donors (Lipinski definition) is 1. The fourth-order valence-electron chi connectivity index (χ4n) is 2.38. The Labute approximate surface area is 142 Å². The summed E-state index contributed by atoms with van der Waals surface area (Å²) in [5.41, 5.74) is 2.82. The Morgan fingerprint density at radius 3 is 2.58 bits per heavy atom. The molecule has 0 spiro atoms. The molecule has 0 aliphatic rings. The number of phenolic OH excluding ortho intramolecular Hbond substituents is 1. The molecule has 1 N–H and O–H groups in total. The fourth-order valence-corrected chi connectivity index (χ4v) is 2.38. The third-order valence-corrected chi connectivity index (χ3v) is 3.71. The predicted octanol–water partition coefficient (Wildman–Crippen LogP) is 3.98. The Kier molecular flexibility index (Phi) is 6.01. The second kappa shape index (κ2) is 8.20. The highest BCUT2D eigenvalue weighted by Crippen LogP contribution is 2.29. The average molecular weight is 326 g/mol. The number of carbonyl (C=O) groups is 1. The van der Waals surface area contributed by atoms with Gasteiger partial charge in [-0.15, -0.1) is 6.58 Å². The van der Waals surface area contributed by atoms with Gasteiger partial charge in [0.05, 0.1) is 7.11 Å². The van der Waals surface area contributed by atoms with Gasteiger partial charge in [-0.2, -0.15) is 0 Å². The number of aromatic hydroxyl groups is 1. The van der Waals surface area contributed by atoms with Gasteiger partial charge in [-0.1, -0.05) is 24.3 Å². The zero-order chi connectivity index (χ0) is 17.5. The first-order valence-electron chi connectivity index (χ1n) is 7.80. The molecule has 0 aromatic heterocycles. The Bertz CT molecular complexity index is 734. The van der Waals surface area contributed by atoms with Gasteiger partial charge in [-0.3, -0.25) is 4.79 Å². The van der Waals surface area contributed by atoms with Gasteiger partial charge in [-0.25, -0.2) is 0 Å². The molecule has 0 amide bonds. The van der Waals surface area contributed by atoms with E-state index < -0.39 is 0 Å². The van der Waals surface area contributed by atoms with E-state index in [4.69, 9.17) is 9.47 Å². The van der Waals surface area contributed by atoms with Crippen molar-refractivity contribution in [2.45, 2.75) is 26.2 Å². The van der Waals surface area contributed by atoms with Crippen LogP contribution in [0.3, 0.4) is 0 Å². The van der Waals surface area contributed by atoms with Crippen molar-refractivity contribution in [3.05, 3.63) is 65.7 Å². The van der Waals surface area contributed by atoms with E-state index in [-0.39, 0.29) is 18.1 Å². The SMILES string of the molecule is C=CCc1ccc(OC(=O)CCc2ccc(O)c(C)c2)c(OC)c1. The highest BCUT2D eigenvalue weighted by atomic mass is 16.6. The maximum atomic E-state index is 12.1. The maximum absolute atomic E-state index is 12.1. The summed E-state index contributed by atoms with van der Waals surface area (Å²) in [6.07, 6.45) is 3.34. The van der Waals surface area contributed by atoms with Crippen molar-refractivity contribution < 1.29 is 19.4 Å². The minimum Gasteiger partial charge on any atom is -0.508 e. The minimum absolute atomic E-state index is 0.252. The monoisotopic (exact) mass is 326 g/mol. The third-order valence-electron chi connectivity index (χ3n) is 3.71. The van der Waals surface area contributed by atoms with E-state index in [9.17, 15) is 9.90 Å². The number of esters is 1. The molecule has 4 heteroatoms. The van der Waals surface area contributed by atoms with Crippen LogP contribution in [0.5, 0.6) is 17.2 Å². The van der Waals surface area contributed by atoms with Gasteiger partial charge >= 0.3 is 5.97 Å². The van der Waals surface area contributed by atoms with E-state index in [1.165, 1.54) is 0 Å². The molecule has 0 saturated heterocycles. The standard InChI is InChI=1S/C20H22O4/c1-4-5-15-7-10-18(19(13-15)23-3)24-20(22)11-8-16-6-9-17(21)14(2)12-16/h4,6-7,9-10,12-13,21H,1,5,8,11H2,2-3H3. The van der Waals surface area contributed by atoms with Crippen molar-refractivity contribution in [1.82, 2.24) is 0 Å². The number of rotatable bonds is 7. The quantitative estimate of drug-likeness (QED) is 0.475. The third kappa shape index (κ3) is 4.62. The molecule has 0 radical (unpaired) electrons. The van der Waals surface area contributed by atoms with Crippen LogP contribution in [0.4, 0.5) is 0 Å². The Hall–Kier alpha value is -2.75. The summed E-state index contributed by atoms with van der Waals surface area (Å²) in [5.74, 6) is 0.876. The average Bonchev–Trinajstić information content (AvgIpc) is 2.57. The second-order valence-corrected chi connectivity index (χ2v) is 5.57. The number of hydrogen-bond acceptors (Lipinski definition) is 4. The molecule has 0 unspecified atom stereocenters. The summed E-state index contributed by atoms with van der Waals surface area (Å²) in [4.78, 5) is 12.1. The van der Waals surface area contributed by atoms with Crippen LogP contribution < -0.4 is 9.47 Å². The molecule has 0 bridgehead atoms. The van der Waals surface area contributed by atoms with Crippen LogP contribution in [-0.4, -0.2) is 18.2 Å². The topological polar surface area (TPSA) is 55.8 Å². The number of aryl methyl sites for hydroxylation is 2. The van der Waals surface area contributed by atoms with Gasteiger partial charge in [-0.05, 0) is 54.7 Å². The van der Waals surface area contributed by atoms with Crippen molar-refractivity contribution in [2.75, 3.05) is 7.11 Å². The number of methoxy groups -OCH3 is 1. The summed E-state index contributed by atoms with van der Waals surface area (Å²) < 4.78 is 10.7. The first-order chi connectivity index (χ1) is 11.5. The molecule has 126 valence electrons. The van der Waals surface area contributed by atoms with Gasteiger partial charge < -0.3 is 14.6 Å². The first-order valence-corrected chi connectivity index (χ1v) is 7.80. The lowest BCUT2D eigenvalue weighted by Gasteiger charge is -2.11. The molecular formula is C20H22O4. The van der Waals surface area contributed by atoms with E-state index >= 15 is 0 Å². The molecule has 0 aliphatic heterocycles. The van der Waals surface area contributed by atoms with Crippen LogP contribution in [0, 0.1) is 6.92 Å². The number of phenols is 1. The highest BCUT2D eigenvalue weighted by Gasteiger charge is 2.11. The van der Waals surface area contributed by atoms with Crippen LogP contribution >= 0.6 is 0 Å². The van der Waals surface area contributed by atoms with Crippen molar-refractivity contribution in [2.24, 2.45) is 0 Å². The highest BCUT2D eigenvalue weighted by molar-refractivity contribution is 5.73. The van der Waals surface area contributed by atoms with Gasteiger partial charge in [0.15, 0.2) is 11.5 Å². The lowest BCUT2D eigenvalue weighted by atomic mass is 10.1. The summed E-state index contributed by atoms with van der Waals surface area (Å²) in [6.45, 7) is 5.53. The maximum Gasteiger partial charge on any atom is 0.311 e. The van der Waals surface area contributed by atoms with E-state index in [0.29, 0.717) is 17.9 Å². The fraction of sp³-hybridized carbons (Fsp3) is 0.250. The predicted molar refractivity (Wildman–Crippen MR) is 93.7 cm³/mol. The van der Waals surface area contributed by atoms with Crippen LogP contribution in [0.1, 0.15) is 23.1 Å².